The Morgan fingerprint density at radius 2 is 2.00 bits per heavy atom. The maximum atomic E-state index is 13.3. The highest BCUT2D eigenvalue weighted by Gasteiger charge is 2.18. The van der Waals surface area contributed by atoms with Gasteiger partial charge >= 0.3 is 0 Å². The summed E-state index contributed by atoms with van der Waals surface area (Å²) in [5, 5.41) is 12.2. The molecular formula is C10H10F2N2O. The van der Waals surface area contributed by atoms with Crippen molar-refractivity contribution in [3.63, 3.8) is 0 Å². The second-order valence-electron chi connectivity index (χ2n) is 3.37. The fourth-order valence-corrected chi connectivity index (χ4v) is 1.59. The second kappa shape index (κ2) is 4.04. The van der Waals surface area contributed by atoms with Crippen molar-refractivity contribution in [3.8, 4) is 0 Å². The van der Waals surface area contributed by atoms with Crippen LogP contribution in [0.25, 0.3) is 5.57 Å². The third-order valence-electron chi connectivity index (χ3n) is 2.24. The number of nitrogens with one attached hydrogen (secondary N) is 1. The van der Waals surface area contributed by atoms with Crippen LogP contribution in [0.4, 0.5) is 8.78 Å². The van der Waals surface area contributed by atoms with Gasteiger partial charge in [-0.25, -0.2) is 8.78 Å². The van der Waals surface area contributed by atoms with Crippen LogP contribution in [0.3, 0.4) is 0 Å². The first-order valence-corrected chi connectivity index (χ1v) is 4.57. The van der Waals surface area contributed by atoms with Gasteiger partial charge in [0.2, 0.25) is 0 Å². The molecule has 0 radical (unpaired) electrons. The van der Waals surface area contributed by atoms with Gasteiger partial charge < -0.3 is 10.4 Å². The molecule has 2 N–H and O–H groups in total. The Morgan fingerprint density at radius 3 is 2.60 bits per heavy atom. The monoisotopic (exact) mass is 212 g/mol. The average molecular weight is 212 g/mol. The van der Waals surface area contributed by atoms with Crippen LogP contribution in [-0.4, -0.2) is 29.3 Å². The second-order valence-corrected chi connectivity index (χ2v) is 3.37. The summed E-state index contributed by atoms with van der Waals surface area (Å²) in [4.78, 5) is 3.40. The molecule has 1 aromatic rings. The minimum Gasteiger partial charge on any atom is -0.388 e. The van der Waals surface area contributed by atoms with Crippen LogP contribution < -0.4 is 5.32 Å². The van der Waals surface area contributed by atoms with Crippen LogP contribution >= 0.6 is 0 Å². The van der Waals surface area contributed by atoms with Crippen LogP contribution in [0.15, 0.2) is 18.5 Å². The van der Waals surface area contributed by atoms with Crippen LogP contribution in [0.5, 0.6) is 0 Å². The summed E-state index contributed by atoms with van der Waals surface area (Å²) in [6, 6.07) is 0. The molecule has 1 aliphatic heterocycles. The Morgan fingerprint density at radius 1 is 1.33 bits per heavy atom. The van der Waals surface area contributed by atoms with Crippen molar-refractivity contribution >= 4 is 5.57 Å². The smallest absolute Gasteiger partial charge is 0.151 e. The highest BCUT2D eigenvalue weighted by atomic mass is 19.1. The van der Waals surface area contributed by atoms with Crippen molar-refractivity contribution < 1.29 is 13.9 Å². The number of hydrogen-bond donors (Lipinski definition) is 2. The number of rotatable bonds is 1. The lowest BCUT2D eigenvalue weighted by molar-refractivity contribution is 0.217. The first-order chi connectivity index (χ1) is 7.18. The quantitative estimate of drug-likeness (QED) is 0.720. The van der Waals surface area contributed by atoms with E-state index in [-0.39, 0.29) is 5.56 Å². The molecule has 3 nitrogen and oxygen atoms in total. The zero-order chi connectivity index (χ0) is 10.8. The highest BCUT2D eigenvalue weighted by Crippen LogP contribution is 2.22. The summed E-state index contributed by atoms with van der Waals surface area (Å²) in [7, 11) is 0. The van der Waals surface area contributed by atoms with E-state index >= 15 is 0 Å². The molecule has 2 heterocycles. The SMILES string of the molecule is OC1C=C(c2c(F)cncc2F)CNC1. The molecular weight excluding hydrogens is 202 g/mol. The van der Waals surface area contributed by atoms with Crippen molar-refractivity contribution in [2.45, 2.75) is 6.10 Å². The van der Waals surface area contributed by atoms with Gasteiger partial charge in [-0.1, -0.05) is 0 Å². The molecule has 0 aromatic carbocycles. The zero-order valence-electron chi connectivity index (χ0n) is 7.87. The predicted octanol–water partition coefficient (Wildman–Crippen LogP) is 0.707. The molecule has 0 bridgehead atoms. The van der Waals surface area contributed by atoms with E-state index in [0.29, 0.717) is 18.7 Å². The van der Waals surface area contributed by atoms with Gasteiger partial charge in [-0.05, 0) is 11.6 Å². The molecule has 80 valence electrons. The first kappa shape index (κ1) is 10.2. The average Bonchev–Trinajstić information content (AvgIpc) is 2.17. The maximum Gasteiger partial charge on any atom is 0.151 e. The summed E-state index contributed by atoms with van der Waals surface area (Å²) >= 11 is 0. The number of β-amino-alcohol motifs (C(OH)–C–C–N with tert-alkyl or cyclic N) is 1. The van der Waals surface area contributed by atoms with Gasteiger partial charge in [0, 0.05) is 13.1 Å². The summed E-state index contributed by atoms with van der Waals surface area (Å²) in [5.41, 5.74) is 0.308. The molecule has 0 amide bonds. The van der Waals surface area contributed by atoms with Gasteiger partial charge in [0.05, 0.1) is 24.1 Å². The lowest BCUT2D eigenvalue weighted by Gasteiger charge is -2.19. The van der Waals surface area contributed by atoms with E-state index in [2.05, 4.69) is 10.3 Å². The minimum absolute atomic E-state index is 0.115. The van der Waals surface area contributed by atoms with Crippen molar-refractivity contribution in [3.05, 3.63) is 35.7 Å². The third kappa shape index (κ3) is 2.03. The van der Waals surface area contributed by atoms with Crippen molar-refractivity contribution in [2.24, 2.45) is 0 Å². The summed E-state index contributed by atoms with van der Waals surface area (Å²) in [6.45, 7) is 0.743. The Bertz CT molecular complexity index is 386. The largest absolute Gasteiger partial charge is 0.388 e. The molecule has 2 rings (SSSR count). The number of aliphatic hydroxyl groups is 1. The molecule has 0 fully saturated rings. The van der Waals surface area contributed by atoms with Crippen LogP contribution in [0.2, 0.25) is 0 Å². The van der Waals surface area contributed by atoms with Crippen LogP contribution in [0.1, 0.15) is 5.56 Å². The van der Waals surface area contributed by atoms with Gasteiger partial charge in [0.25, 0.3) is 0 Å². The van der Waals surface area contributed by atoms with E-state index in [1.165, 1.54) is 6.08 Å². The molecule has 1 aliphatic rings. The molecule has 0 saturated heterocycles. The normalized spacial score (nSPS) is 21.3. The number of halogens is 2. The van der Waals surface area contributed by atoms with Crippen molar-refractivity contribution in [1.29, 1.82) is 0 Å². The van der Waals surface area contributed by atoms with Crippen LogP contribution in [0, 0.1) is 11.6 Å². The fraction of sp³-hybridized carbons (Fsp3) is 0.300. The Hall–Kier alpha value is -1.33. The van der Waals surface area contributed by atoms with Gasteiger partial charge in [-0.15, -0.1) is 0 Å². The Labute approximate surface area is 85.5 Å². The standard InChI is InChI=1S/C10H10F2N2O/c11-8-4-14-5-9(12)10(8)6-1-7(15)3-13-2-6/h1,4-5,7,13,15H,2-3H2. The highest BCUT2D eigenvalue weighted by molar-refractivity contribution is 5.68. The van der Waals surface area contributed by atoms with Gasteiger partial charge in [0.1, 0.15) is 0 Å². The summed E-state index contributed by atoms with van der Waals surface area (Å²) in [5.74, 6) is -1.42. The topological polar surface area (TPSA) is 45.2 Å². The van der Waals surface area contributed by atoms with Crippen LogP contribution in [-0.2, 0) is 0 Å². The number of aromatic nitrogens is 1. The number of nitrogens with zero attached hydrogens (tertiary/aromatic N) is 1. The summed E-state index contributed by atoms with van der Waals surface area (Å²) in [6.07, 6.45) is 2.67. The molecule has 0 spiro atoms. The lowest BCUT2D eigenvalue weighted by Crippen LogP contribution is -2.32. The number of pyridine rings is 1. The predicted molar refractivity (Wildman–Crippen MR) is 51.0 cm³/mol. The molecule has 15 heavy (non-hydrogen) atoms. The van der Waals surface area contributed by atoms with Crippen molar-refractivity contribution in [1.82, 2.24) is 10.3 Å². The van der Waals surface area contributed by atoms with Gasteiger partial charge in [-0.3, -0.25) is 4.98 Å². The molecule has 5 heteroatoms. The van der Waals surface area contributed by atoms with E-state index in [9.17, 15) is 13.9 Å². The molecule has 0 saturated carbocycles. The lowest BCUT2D eigenvalue weighted by atomic mass is 10.0. The van der Waals surface area contributed by atoms with E-state index in [1.54, 1.807) is 0 Å². The summed E-state index contributed by atoms with van der Waals surface area (Å²) < 4.78 is 26.6. The van der Waals surface area contributed by atoms with E-state index in [1.807, 2.05) is 0 Å². The van der Waals surface area contributed by atoms with Gasteiger partial charge in [0.15, 0.2) is 11.6 Å². The van der Waals surface area contributed by atoms with E-state index in [4.69, 9.17) is 0 Å². The van der Waals surface area contributed by atoms with Crippen molar-refractivity contribution in [2.75, 3.05) is 13.1 Å². The number of hydrogen-bond acceptors (Lipinski definition) is 3. The Kier molecular flexibility index (Phi) is 2.75. The van der Waals surface area contributed by atoms with E-state index < -0.39 is 17.7 Å². The first-order valence-electron chi connectivity index (χ1n) is 4.57. The molecule has 1 aromatic heterocycles. The van der Waals surface area contributed by atoms with Gasteiger partial charge in [-0.2, -0.15) is 0 Å². The molecule has 1 atom stereocenters. The molecule has 1 unspecified atom stereocenters. The maximum absolute atomic E-state index is 13.3. The minimum atomic E-state index is -0.711. The number of aliphatic hydroxyl groups excluding tert-OH is 1. The molecule has 0 aliphatic carbocycles. The third-order valence-corrected chi connectivity index (χ3v) is 2.24. The Balaban J connectivity index is 2.45. The van der Waals surface area contributed by atoms with E-state index in [0.717, 1.165) is 12.4 Å². The fourth-order valence-electron chi connectivity index (χ4n) is 1.59. The zero-order valence-corrected chi connectivity index (χ0v) is 7.87.